The largest absolute Gasteiger partial charge is 0.459 e. The normalized spacial score (nSPS) is 23.7. The highest BCUT2D eigenvalue weighted by Crippen LogP contribution is 2.24. The second kappa shape index (κ2) is 6.29. The molecule has 0 amide bonds. The lowest BCUT2D eigenvalue weighted by Gasteiger charge is -2.27. The van der Waals surface area contributed by atoms with Crippen molar-refractivity contribution < 1.29 is 14.3 Å². The quantitative estimate of drug-likeness (QED) is 0.636. The van der Waals surface area contributed by atoms with Crippen LogP contribution in [0.5, 0.6) is 0 Å². The molecule has 0 saturated heterocycles. The minimum absolute atomic E-state index is 0.0525. The summed E-state index contributed by atoms with van der Waals surface area (Å²) in [5.74, 6) is -0.322. The lowest BCUT2D eigenvalue weighted by atomic mass is 9.95. The number of esters is 1. The van der Waals surface area contributed by atoms with Gasteiger partial charge in [0, 0.05) is 19.7 Å². The van der Waals surface area contributed by atoms with Crippen LogP contribution in [0.3, 0.4) is 0 Å². The predicted molar refractivity (Wildman–Crippen MR) is 70.4 cm³/mol. The summed E-state index contributed by atoms with van der Waals surface area (Å²) in [6.45, 7) is 0. The lowest BCUT2D eigenvalue weighted by molar-refractivity contribution is -0.0150. The van der Waals surface area contributed by atoms with Crippen molar-refractivity contribution in [1.29, 1.82) is 0 Å². The molecule has 0 aliphatic heterocycles. The summed E-state index contributed by atoms with van der Waals surface area (Å²) < 4.78 is 11.3. The standard InChI is InChI=1S/C13H16BrNO3/c1-17-9-4-2-5-10(8-9)18-13(16)11-6-3-7-15-12(11)14/h3,6-7,9-10H,2,4-5,8H2,1H3. The van der Waals surface area contributed by atoms with Crippen LogP contribution < -0.4 is 0 Å². The first-order valence-corrected chi connectivity index (χ1v) is 6.84. The summed E-state index contributed by atoms with van der Waals surface area (Å²) in [4.78, 5) is 16.0. The number of hydrogen-bond acceptors (Lipinski definition) is 4. The molecule has 4 nitrogen and oxygen atoms in total. The van der Waals surface area contributed by atoms with E-state index in [1.807, 2.05) is 0 Å². The number of carbonyl (C=O) groups is 1. The molecule has 2 unspecified atom stereocenters. The Balaban J connectivity index is 1.97. The van der Waals surface area contributed by atoms with Gasteiger partial charge in [0.05, 0.1) is 11.7 Å². The highest BCUT2D eigenvalue weighted by Gasteiger charge is 2.25. The molecule has 1 heterocycles. The molecule has 2 rings (SSSR count). The summed E-state index contributed by atoms with van der Waals surface area (Å²) in [7, 11) is 1.70. The Labute approximate surface area is 115 Å². The van der Waals surface area contributed by atoms with Gasteiger partial charge in [0.25, 0.3) is 0 Å². The number of nitrogens with zero attached hydrogens (tertiary/aromatic N) is 1. The minimum atomic E-state index is -0.322. The monoisotopic (exact) mass is 313 g/mol. The van der Waals surface area contributed by atoms with E-state index >= 15 is 0 Å². The molecule has 5 heteroatoms. The van der Waals surface area contributed by atoms with Crippen LogP contribution in [0, 0.1) is 0 Å². The van der Waals surface area contributed by atoms with Gasteiger partial charge in [-0.05, 0) is 47.3 Å². The minimum Gasteiger partial charge on any atom is -0.459 e. The zero-order chi connectivity index (χ0) is 13.0. The Morgan fingerprint density at radius 1 is 1.44 bits per heavy atom. The summed E-state index contributed by atoms with van der Waals surface area (Å²) in [6, 6.07) is 3.43. The number of ether oxygens (including phenoxy) is 2. The van der Waals surface area contributed by atoms with Crippen molar-refractivity contribution in [2.75, 3.05) is 7.11 Å². The first-order valence-electron chi connectivity index (χ1n) is 6.05. The average Bonchev–Trinajstić information content (AvgIpc) is 2.39. The van der Waals surface area contributed by atoms with E-state index in [9.17, 15) is 4.79 Å². The van der Waals surface area contributed by atoms with Gasteiger partial charge in [-0.1, -0.05) is 0 Å². The molecular weight excluding hydrogens is 298 g/mol. The number of pyridine rings is 1. The summed E-state index contributed by atoms with van der Waals surface area (Å²) in [5, 5.41) is 0. The van der Waals surface area contributed by atoms with Crippen LogP contribution >= 0.6 is 15.9 Å². The van der Waals surface area contributed by atoms with E-state index in [2.05, 4.69) is 20.9 Å². The van der Waals surface area contributed by atoms with E-state index in [1.165, 1.54) is 0 Å². The zero-order valence-corrected chi connectivity index (χ0v) is 11.9. The summed E-state index contributed by atoms with van der Waals surface area (Å²) >= 11 is 3.25. The number of halogens is 1. The van der Waals surface area contributed by atoms with Gasteiger partial charge in [-0.25, -0.2) is 9.78 Å². The van der Waals surface area contributed by atoms with Crippen molar-refractivity contribution in [1.82, 2.24) is 4.98 Å². The topological polar surface area (TPSA) is 48.4 Å². The number of carbonyl (C=O) groups excluding carboxylic acids is 1. The number of rotatable bonds is 3. The maximum absolute atomic E-state index is 12.0. The molecule has 18 heavy (non-hydrogen) atoms. The predicted octanol–water partition coefficient (Wildman–Crippen LogP) is 2.96. The Hall–Kier alpha value is -0.940. The van der Waals surface area contributed by atoms with Gasteiger partial charge in [-0.3, -0.25) is 0 Å². The van der Waals surface area contributed by atoms with Gasteiger partial charge < -0.3 is 9.47 Å². The van der Waals surface area contributed by atoms with Gasteiger partial charge in [0.15, 0.2) is 0 Å². The smallest absolute Gasteiger partial charge is 0.341 e. The second-order valence-electron chi connectivity index (χ2n) is 4.39. The van der Waals surface area contributed by atoms with Gasteiger partial charge in [0.2, 0.25) is 0 Å². The SMILES string of the molecule is COC1CCCC(OC(=O)c2cccnc2Br)C1. The van der Waals surface area contributed by atoms with Crippen LogP contribution in [-0.2, 0) is 9.47 Å². The zero-order valence-electron chi connectivity index (χ0n) is 10.3. The average molecular weight is 314 g/mol. The number of hydrogen-bond donors (Lipinski definition) is 0. The van der Waals surface area contributed by atoms with E-state index in [0.29, 0.717) is 10.2 Å². The maximum atomic E-state index is 12.0. The molecule has 1 aromatic heterocycles. The molecule has 1 fully saturated rings. The van der Waals surface area contributed by atoms with Crippen LogP contribution in [0.1, 0.15) is 36.0 Å². The van der Waals surface area contributed by atoms with E-state index in [0.717, 1.165) is 25.7 Å². The third-order valence-electron chi connectivity index (χ3n) is 3.16. The van der Waals surface area contributed by atoms with Crippen molar-refractivity contribution in [3.63, 3.8) is 0 Å². The fourth-order valence-corrected chi connectivity index (χ4v) is 2.59. The first kappa shape index (κ1) is 13.5. The van der Waals surface area contributed by atoms with Gasteiger partial charge in [-0.2, -0.15) is 0 Å². The molecule has 0 spiro atoms. The molecule has 1 aliphatic carbocycles. The molecule has 1 saturated carbocycles. The molecule has 2 atom stereocenters. The van der Waals surface area contributed by atoms with E-state index in [4.69, 9.17) is 9.47 Å². The Kier molecular flexibility index (Phi) is 4.72. The van der Waals surface area contributed by atoms with E-state index in [1.54, 1.807) is 25.4 Å². The van der Waals surface area contributed by atoms with E-state index in [-0.39, 0.29) is 18.2 Å². The van der Waals surface area contributed by atoms with Crippen LogP contribution in [0.2, 0.25) is 0 Å². The summed E-state index contributed by atoms with van der Waals surface area (Å²) in [6.07, 6.45) is 5.54. The van der Waals surface area contributed by atoms with Gasteiger partial charge in [0.1, 0.15) is 10.7 Å². The molecule has 1 aliphatic rings. The highest BCUT2D eigenvalue weighted by atomic mass is 79.9. The van der Waals surface area contributed by atoms with Crippen LogP contribution in [0.25, 0.3) is 0 Å². The van der Waals surface area contributed by atoms with Crippen molar-refractivity contribution in [3.8, 4) is 0 Å². The number of methoxy groups -OCH3 is 1. The van der Waals surface area contributed by atoms with Crippen molar-refractivity contribution >= 4 is 21.9 Å². The van der Waals surface area contributed by atoms with Crippen molar-refractivity contribution in [2.45, 2.75) is 37.9 Å². The van der Waals surface area contributed by atoms with Crippen LogP contribution in [0.4, 0.5) is 0 Å². The third-order valence-corrected chi connectivity index (χ3v) is 3.80. The molecular formula is C13H16BrNO3. The Morgan fingerprint density at radius 3 is 2.94 bits per heavy atom. The fourth-order valence-electron chi connectivity index (χ4n) is 2.18. The van der Waals surface area contributed by atoms with Crippen molar-refractivity contribution in [2.24, 2.45) is 0 Å². The van der Waals surface area contributed by atoms with Gasteiger partial charge >= 0.3 is 5.97 Å². The lowest BCUT2D eigenvalue weighted by Crippen LogP contribution is -2.29. The first-order chi connectivity index (χ1) is 8.70. The molecule has 1 aromatic rings. The maximum Gasteiger partial charge on any atom is 0.341 e. The van der Waals surface area contributed by atoms with Crippen LogP contribution in [-0.4, -0.2) is 30.3 Å². The third kappa shape index (κ3) is 3.29. The fraction of sp³-hybridized carbons (Fsp3) is 0.538. The second-order valence-corrected chi connectivity index (χ2v) is 5.14. The molecule has 0 N–H and O–H groups in total. The molecule has 0 aromatic carbocycles. The molecule has 0 bridgehead atoms. The van der Waals surface area contributed by atoms with E-state index < -0.39 is 0 Å². The molecule has 98 valence electrons. The highest BCUT2D eigenvalue weighted by molar-refractivity contribution is 9.10. The van der Waals surface area contributed by atoms with Crippen LogP contribution in [0.15, 0.2) is 22.9 Å². The Morgan fingerprint density at radius 2 is 2.22 bits per heavy atom. The van der Waals surface area contributed by atoms with Gasteiger partial charge in [-0.15, -0.1) is 0 Å². The Bertz CT molecular complexity index is 424. The van der Waals surface area contributed by atoms with Crippen molar-refractivity contribution in [3.05, 3.63) is 28.5 Å². The summed E-state index contributed by atoms with van der Waals surface area (Å²) in [5.41, 5.74) is 0.469. The number of aromatic nitrogens is 1. The molecule has 0 radical (unpaired) electrons.